The predicted molar refractivity (Wildman–Crippen MR) is 54.6 cm³/mol. The van der Waals surface area contributed by atoms with Crippen molar-refractivity contribution in [2.24, 2.45) is 0 Å². The first-order chi connectivity index (χ1) is 5.70. The molecule has 70 valence electrons. The second-order valence-electron chi connectivity index (χ2n) is 2.96. The van der Waals surface area contributed by atoms with Crippen molar-refractivity contribution in [1.29, 1.82) is 0 Å². The molecule has 0 rings (SSSR count). The highest BCUT2D eigenvalue weighted by atomic mass is 35.5. The number of rotatable bonds is 5. The van der Waals surface area contributed by atoms with Gasteiger partial charge >= 0.3 is 0 Å². The van der Waals surface area contributed by atoms with Gasteiger partial charge in [-0.05, 0) is 26.7 Å². The average molecular weight is 189 g/mol. The van der Waals surface area contributed by atoms with E-state index in [0.29, 0.717) is 5.88 Å². The Balaban J connectivity index is 3.62. The number of aliphatic hydroxyl groups is 1. The van der Waals surface area contributed by atoms with Gasteiger partial charge in [0.1, 0.15) is 0 Å². The van der Waals surface area contributed by atoms with Crippen LogP contribution in [0, 0.1) is 0 Å². The van der Waals surface area contributed by atoms with Gasteiger partial charge < -0.3 is 5.11 Å². The monoisotopic (exact) mass is 188 g/mol. The van der Waals surface area contributed by atoms with Gasteiger partial charge in [-0.25, -0.2) is 0 Å². The molecule has 0 saturated carbocycles. The molecule has 0 aliphatic heterocycles. The fraction of sp³-hybridized carbons (Fsp3) is 0.600. The van der Waals surface area contributed by atoms with Crippen LogP contribution >= 0.6 is 11.6 Å². The third-order valence-electron chi connectivity index (χ3n) is 1.68. The van der Waals surface area contributed by atoms with Gasteiger partial charge in [0.25, 0.3) is 0 Å². The molecule has 12 heavy (non-hydrogen) atoms. The van der Waals surface area contributed by atoms with E-state index in [-0.39, 0.29) is 6.61 Å². The summed E-state index contributed by atoms with van der Waals surface area (Å²) in [6.45, 7) is 4.20. The maximum absolute atomic E-state index is 8.58. The summed E-state index contributed by atoms with van der Waals surface area (Å²) in [5.74, 6) is 0.614. The van der Waals surface area contributed by atoms with Crippen LogP contribution in [0.2, 0.25) is 0 Å². The van der Waals surface area contributed by atoms with Crippen LogP contribution in [0.25, 0.3) is 0 Å². The second kappa shape index (κ2) is 7.38. The van der Waals surface area contributed by atoms with Crippen LogP contribution in [0.1, 0.15) is 26.7 Å². The van der Waals surface area contributed by atoms with Gasteiger partial charge in [-0.3, -0.25) is 0 Å². The van der Waals surface area contributed by atoms with Crippen LogP contribution in [0.15, 0.2) is 23.3 Å². The Labute approximate surface area is 79.7 Å². The van der Waals surface area contributed by atoms with Gasteiger partial charge in [-0.15, -0.1) is 11.6 Å². The summed E-state index contributed by atoms with van der Waals surface area (Å²) in [4.78, 5) is 0. The maximum Gasteiger partial charge on any atom is 0.0614 e. The molecule has 0 aromatic carbocycles. The molecule has 0 unspecified atom stereocenters. The van der Waals surface area contributed by atoms with E-state index in [0.717, 1.165) is 12.8 Å². The highest BCUT2D eigenvalue weighted by Gasteiger charge is 1.88. The van der Waals surface area contributed by atoms with Crippen molar-refractivity contribution in [1.82, 2.24) is 0 Å². The first-order valence-corrected chi connectivity index (χ1v) is 4.72. The van der Waals surface area contributed by atoms with Crippen LogP contribution in [-0.4, -0.2) is 17.6 Å². The van der Waals surface area contributed by atoms with Crippen molar-refractivity contribution >= 4 is 11.6 Å². The number of hydrogen-bond donors (Lipinski definition) is 1. The molecule has 0 aromatic heterocycles. The summed E-state index contributed by atoms with van der Waals surface area (Å²) in [7, 11) is 0. The summed E-state index contributed by atoms with van der Waals surface area (Å²) >= 11 is 5.61. The van der Waals surface area contributed by atoms with Crippen LogP contribution in [-0.2, 0) is 0 Å². The summed E-state index contributed by atoms with van der Waals surface area (Å²) < 4.78 is 0. The van der Waals surface area contributed by atoms with Crippen molar-refractivity contribution in [3.8, 4) is 0 Å². The van der Waals surface area contributed by atoms with E-state index in [1.165, 1.54) is 11.1 Å². The van der Waals surface area contributed by atoms with E-state index in [9.17, 15) is 0 Å². The number of aliphatic hydroxyl groups excluding tert-OH is 1. The van der Waals surface area contributed by atoms with Gasteiger partial charge in [-0.1, -0.05) is 23.3 Å². The summed E-state index contributed by atoms with van der Waals surface area (Å²) in [6, 6.07) is 0. The fourth-order valence-corrected chi connectivity index (χ4v) is 0.968. The zero-order chi connectivity index (χ0) is 9.40. The normalized spacial score (nSPS) is 13.7. The molecule has 0 aliphatic rings. The minimum Gasteiger partial charge on any atom is -0.392 e. The van der Waals surface area contributed by atoms with Gasteiger partial charge in [0.2, 0.25) is 0 Å². The van der Waals surface area contributed by atoms with Crippen LogP contribution in [0.5, 0.6) is 0 Å². The Bertz CT molecular complexity index is 171. The second-order valence-corrected chi connectivity index (χ2v) is 3.22. The molecular weight excluding hydrogens is 172 g/mol. The van der Waals surface area contributed by atoms with Crippen molar-refractivity contribution in [3.63, 3.8) is 0 Å². The van der Waals surface area contributed by atoms with E-state index in [1.807, 2.05) is 19.9 Å². The fourth-order valence-electron chi connectivity index (χ4n) is 0.859. The Morgan fingerprint density at radius 3 is 2.42 bits per heavy atom. The van der Waals surface area contributed by atoms with E-state index in [1.54, 1.807) is 0 Å². The molecule has 0 aromatic rings. The lowest BCUT2D eigenvalue weighted by molar-refractivity contribution is 0.341. The van der Waals surface area contributed by atoms with E-state index in [2.05, 4.69) is 6.08 Å². The number of allylic oxidation sites excluding steroid dienone is 3. The average Bonchev–Trinajstić information content (AvgIpc) is 2.04. The third kappa shape index (κ3) is 6.44. The SMILES string of the molecule is CC(=CCC/C(C)=C/CO)CCl. The molecule has 0 spiro atoms. The van der Waals surface area contributed by atoms with E-state index in [4.69, 9.17) is 16.7 Å². The van der Waals surface area contributed by atoms with Crippen LogP contribution < -0.4 is 0 Å². The van der Waals surface area contributed by atoms with Crippen molar-refractivity contribution in [2.75, 3.05) is 12.5 Å². The van der Waals surface area contributed by atoms with Crippen LogP contribution in [0.4, 0.5) is 0 Å². The van der Waals surface area contributed by atoms with Crippen molar-refractivity contribution in [3.05, 3.63) is 23.3 Å². The minimum absolute atomic E-state index is 0.143. The topological polar surface area (TPSA) is 20.2 Å². The molecular formula is C10H17ClO. The molecule has 0 saturated heterocycles. The van der Waals surface area contributed by atoms with E-state index < -0.39 is 0 Å². The van der Waals surface area contributed by atoms with Gasteiger partial charge in [-0.2, -0.15) is 0 Å². The Hall–Kier alpha value is -0.270. The first-order valence-electron chi connectivity index (χ1n) is 4.18. The van der Waals surface area contributed by atoms with Gasteiger partial charge in [0, 0.05) is 5.88 Å². The predicted octanol–water partition coefficient (Wildman–Crippen LogP) is 2.89. The molecule has 0 atom stereocenters. The Kier molecular flexibility index (Phi) is 7.22. The van der Waals surface area contributed by atoms with E-state index >= 15 is 0 Å². The zero-order valence-electron chi connectivity index (χ0n) is 7.81. The third-order valence-corrected chi connectivity index (χ3v) is 2.10. The molecule has 2 heteroatoms. The molecule has 0 aliphatic carbocycles. The Morgan fingerprint density at radius 2 is 1.92 bits per heavy atom. The molecule has 0 fully saturated rings. The van der Waals surface area contributed by atoms with Crippen molar-refractivity contribution < 1.29 is 5.11 Å². The first kappa shape index (κ1) is 11.7. The summed E-state index contributed by atoms with van der Waals surface area (Å²) in [6.07, 6.45) is 6.00. The molecule has 0 bridgehead atoms. The largest absolute Gasteiger partial charge is 0.392 e. The smallest absolute Gasteiger partial charge is 0.0614 e. The molecule has 1 nitrogen and oxygen atoms in total. The molecule has 0 heterocycles. The van der Waals surface area contributed by atoms with Gasteiger partial charge in [0.15, 0.2) is 0 Å². The summed E-state index contributed by atoms with van der Waals surface area (Å²) in [5.41, 5.74) is 2.45. The summed E-state index contributed by atoms with van der Waals surface area (Å²) in [5, 5.41) is 8.58. The number of hydrogen-bond acceptors (Lipinski definition) is 1. The quantitative estimate of drug-likeness (QED) is 0.520. The number of halogens is 1. The Morgan fingerprint density at radius 1 is 1.25 bits per heavy atom. The lowest BCUT2D eigenvalue weighted by Gasteiger charge is -1.97. The molecule has 0 amide bonds. The standard InChI is InChI=1S/C10H17ClO/c1-9(6-7-12)4-3-5-10(2)8-11/h5-6,12H,3-4,7-8H2,1-2H3/b9-6+,10-5?. The number of alkyl halides is 1. The van der Waals surface area contributed by atoms with Crippen LogP contribution in [0.3, 0.4) is 0 Å². The lowest BCUT2D eigenvalue weighted by atomic mass is 10.1. The minimum atomic E-state index is 0.143. The molecule has 0 radical (unpaired) electrons. The zero-order valence-corrected chi connectivity index (χ0v) is 8.56. The van der Waals surface area contributed by atoms with Gasteiger partial charge in [0.05, 0.1) is 6.61 Å². The molecule has 1 N–H and O–H groups in total. The highest BCUT2D eigenvalue weighted by Crippen LogP contribution is 2.06. The maximum atomic E-state index is 8.58. The lowest BCUT2D eigenvalue weighted by Crippen LogP contribution is -1.82. The highest BCUT2D eigenvalue weighted by molar-refractivity contribution is 6.19. The van der Waals surface area contributed by atoms with Crippen molar-refractivity contribution in [2.45, 2.75) is 26.7 Å².